The van der Waals surface area contributed by atoms with Crippen LogP contribution in [-0.2, 0) is 19.1 Å². The minimum Gasteiger partial charge on any atom is -0.355 e. The van der Waals surface area contributed by atoms with E-state index in [0.29, 0.717) is 13.2 Å². The van der Waals surface area contributed by atoms with Gasteiger partial charge >= 0.3 is 0 Å². The van der Waals surface area contributed by atoms with Crippen molar-refractivity contribution in [1.29, 1.82) is 0 Å². The zero-order valence-electron chi connectivity index (χ0n) is 7.64. The van der Waals surface area contributed by atoms with E-state index >= 15 is 0 Å². The molecule has 1 atom stereocenters. The highest BCUT2D eigenvalue weighted by atomic mass is 16.7. The van der Waals surface area contributed by atoms with Crippen molar-refractivity contribution in [2.75, 3.05) is 19.9 Å². The molecule has 0 aromatic rings. The van der Waals surface area contributed by atoms with E-state index in [0.717, 1.165) is 6.42 Å². The Morgan fingerprint density at radius 1 is 1.36 bits per heavy atom. The molecule has 0 aliphatic carbocycles. The third-order valence-electron chi connectivity index (χ3n) is 2.26. The van der Waals surface area contributed by atoms with Crippen molar-refractivity contribution in [2.45, 2.75) is 12.5 Å². The monoisotopic (exact) mass is 197 g/mol. The fourth-order valence-electron chi connectivity index (χ4n) is 1.46. The Labute approximate surface area is 81.3 Å². The van der Waals surface area contributed by atoms with Crippen molar-refractivity contribution in [3.63, 3.8) is 0 Å². The number of hydrogen-bond donors (Lipinski definition) is 0. The second-order valence-corrected chi connectivity index (χ2v) is 3.22. The molecule has 0 spiro atoms. The van der Waals surface area contributed by atoms with Crippen molar-refractivity contribution in [3.05, 3.63) is 12.2 Å². The average Bonchev–Trinajstić information content (AvgIpc) is 2.51. The van der Waals surface area contributed by atoms with Crippen LogP contribution in [0.5, 0.6) is 0 Å². The summed E-state index contributed by atoms with van der Waals surface area (Å²) in [4.78, 5) is 23.6. The zero-order valence-corrected chi connectivity index (χ0v) is 7.64. The molecule has 2 amide bonds. The summed E-state index contributed by atoms with van der Waals surface area (Å²) in [5, 5.41) is 0. The highest BCUT2D eigenvalue weighted by Gasteiger charge is 2.27. The van der Waals surface area contributed by atoms with E-state index in [1.807, 2.05) is 0 Å². The third kappa shape index (κ3) is 1.83. The molecule has 2 aliphatic rings. The molecule has 1 fully saturated rings. The summed E-state index contributed by atoms with van der Waals surface area (Å²) in [5.41, 5.74) is 0. The van der Waals surface area contributed by atoms with Crippen LogP contribution in [0.15, 0.2) is 12.2 Å². The molecule has 2 rings (SSSR count). The predicted octanol–water partition coefficient (Wildman–Crippen LogP) is -0.326. The molecule has 1 unspecified atom stereocenters. The number of imide groups is 1. The van der Waals surface area contributed by atoms with Crippen LogP contribution in [-0.4, -0.2) is 42.8 Å². The Bertz CT molecular complexity index is 263. The molecule has 5 nitrogen and oxygen atoms in total. The Hall–Kier alpha value is -1.20. The zero-order chi connectivity index (χ0) is 9.97. The van der Waals surface area contributed by atoms with Gasteiger partial charge in [-0.1, -0.05) is 0 Å². The predicted molar refractivity (Wildman–Crippen MR) is 46.2 cm³/mol. The van der Waals surface area contributed by atoms with Crippen LogP contribution in [0, 0.1) is 0 Å². The van der Waals surface area contributed by atoms with E-state index < -0.39 is 0 Å². The Balaban J connectivity index is 1.90. The highest BCUT2D eigenvalue weighted by molar-refractivity contribution is 6.12. The largest absolute Gasteiger partial charge is 0.355 e. The second kappa shape index (κ2) is 3.89. The smallest absolute Gasteiger partial charge is 0.253 e. The molecule has 0 radical (unpaired) electrons. The summed E-state index contributed by atoms with van der Waals surface area (Å²) in [6.07, 6.45) is 3.19. The minimum absolute atomic E-state index is 0.0865. The minimum atomic E-state index is -0.259. The third-order valence-corrected chi connectivity index (χ3v) is 2.26. The van der Waals surface area contributed by atoms with Gasteiger partial charge in [0.05, 0.1) is 19.3 Å². The molecule has 2 aliphatic heterocycles. The Morgan fingerprint density at radius 3 is 2.64 bits per heavy atom. The lowest BCUT2D eigenvalue weighted by Gasteiger charge is -2.26. The number of hydrogen-bond acceptors (Lipinski definition) is 4. The van der Waals surface area contributed by atoms with E-state index in [1.165, 1.54) is 17.1 Å². The van der Waals surface area contributed by atoms with Gasteiger partial charge in [0, 0.05) is 12.2 Å². The topological polar surface area (TPSA) is 55.8 Å². The fraction of sp³-hybridized carbons (Fsp3) is 0.556. The maximum atomic E-state index is 11.2. The van der Waals surface area contributed by atoms with Gasteiger partial charge in [-0.2, -0.15) is 0 Å². The maximum Gasteiger partial charge on any atom is 0.253 e. The maximum absolute atomic E-state index is 11.2. The summed E-state index contributed by atoms with van der Waals surface area (Å²) in [5.74, 6) is -0.518. The molecule has 76 valence electrons. The van der Waals surface area contributed by atoms with Gasteiger partial charge in [-0.3, -0.25) is 14.5 Å². The number of ether oxygens (including phenoxy) is 2. The van der Waals surface area contributed by atoms with Gasteiger partial charge in [-0.05, 0) is 6.42 Å². The van der Waals surface area contributed by atoms with E-state index in [-0.39, 0.29) is 24.7 Å². The summed E-state index contributed by atoms with van der Waals surface area (Å²) in [6.45, 7) is 1.19. The lowest BCUT2D eigenvalue weighted by atomic mass is 10.2. The average molecular weight is 197 g/mol. The van der Waals surface area contributed by atoms with Gasteiger partial charge in [0.1, 0.15) is 6.79 Å². The van der Waals surface area contributed by atoms with Gasteiger partial charge < -0.3 is 9.47 Å². The first-order valence-corrected chi connectivity index (χ1v) is 4.50. The second-order valence-electron chi connectivity index (χ2n) is 3.22. The fourth-order valence-corrected chi connectivity index (χ4v) is 1.46. The van der Waals surface area contributed by atoms with Gasteiger partial charge in [-0.15, -0.1) is 0 Å². The Morgan fingerprint density at radius 2 is 2.07 bits per heavy atom. The van der Waals surface area contributed by atoms with E-state index in [4.69, 9.17) is 9.47 Å². The summed E-state index contributed by atoms with van der Waals surface area (Å²) >= 11 is 0. The molecule has 0 N–H and O–H groups in total. The van der Waals surface area contributed by atoms with Crippen LogP contribution >= 0.6 is 0 Å². The van der Waals surface area contributed by atoms with Crippen molar-refractivity contribution >= 4 is 11.8 Å². The van der Waals surface area contributed by atoms with Crippen LogP contribution in [0.4, 0.5) is 0 Å². The normalized spacial score (nSPS) is 27.4. The quantitative estimate of drug-likeness (QED) is 0.569. The molecular weight excluding hydrogens is 186 g/mol. The molecule has 0 bridgehead atoms. The molecular formula is C9H11NO4. The molecule has 0 aromatic heterocycles. The SMILES string of the molecule is O=C1C=CC(=O)N1CC1CCOCO1. The standard InChI is InChI=1S/C9H11NO4/c11-8-1-2-9(12)10(8)5-7-3-4-13-6-14-7/h1-2,7H,3-6H2. The van der Waals surface area contributed by atoms with Crippen molar-refractivity contribution in [2.24, 2.45) is 0 Å². The number of rotatable bonds is 2. The highest BCUT2D eigenvalue weighted by Crippen LogP contribution is 2.11. The first kappa shape index (κ1) is 9.36. The number of carbonyl (C=O) groups is 2. The molecule has 5 heteroatoms. The summed E-state index contributed by atoms with van der Waals surface area (Å²) in [6, 6.07) is 0. The molecule has 0 saturated carbocycles. The lowest BCUT2D eigenvalue weighted by Crippen LogP contribution is -2.40. The van der Waals surface area contributed by atoms with Crippen LogP contribution < -0.4 is 0 Å². The first-order valence-electron chi connectivity index (χ1n) is 4.50. The van der Waals surface area contributed by atoms with Gasteiger partial charge in [0.15, 0.2) is 0 Å². The van der Waals surface area contributed by atoms with Gasteiger partial charge in [-0.25, -0.2) is 0 Å². The Kier molecular flexibility index (Phi) is 2.60. The van der Waals surface area contributed by atoms with Crippen LogP contribution in [0.1, 0.15) is 6.42 Å². The molecule has 1 saturated heterocycles. The van der Waals surface area contributed by atoms with Crippen molar-refractivity contribution < 1.29 is 19.1 Å². The van der Waals surface area contributed by atoms with Gasteiger partial charge in [0.2, 0.25) is 0 Å². The number of nitrogens with zero attached hydrogens (tertiary/aromatic N) is 1. The first-order chi connectivity index (χ1) is 6.77. The lowest BCUT2D eigenvalue weighted by molar-refractivity contribution is -0.156. The summed E-state index contributed by atoms with van der Waals surface area (Å²) < 4.78 is 10.2. The van der Waals surface area contributed by atoms with Crippen LogP contribution in [0.3, 0.4) is 0 Å². The van der Waals surface area contributed by atoms with Crippen LogP contribution in [0.25, 0.3) is 0 Å². The van der Waals surface area contributed by atoms with Crippen molar-refractivity contribution in [3.8, 4) is 0 Å². The molecule has 2 heterocycles. The van der Waals surface area contributed by atoms with E-state index in [1.54, 1.807) is 0 Å². The van der Waals surface area contributed by atoms with Gasteiger partial charge in [0.25, 0.3) is 11.8 Å². The number of carbonyl (C=O) groups excluding carboxylic acids is 2. The molecule has 0 aromatic carbocycles. The molecule has 14 heavy (non-hydrogen) atoms. The van der Waals surface area contributed by atoms with E-state index in [9.17, 15) is 9.59 Å². The van der Waals surface area contributed by atoms with Crippen molar-refractivity contribution in [1.82, 2.24) is 4.90 Å². The van der Waals surface area contributed by atoms with Crippen LogP contribution in [0.2, 0.25) is 0 Å². The summed E-state index contributed by atoms with van der Waals surface area (Å²) in [7, 11) is 0. The van der Waals surface area contributed by atoms with E-state index in [2.05, 4.69) is 0 Å². The number of amides is 2.